The number of carbonyl (C=O) groups is 1. The molecule has 1 saturated heterocycles. The summed E-state index contributed by atoms with van der Waals surface area (Å²) in [4.78, 5) is 27.6. The van der Waals surface area contributed by atoms with Gasteiger partial charge in [-0.2, -0.15) is 0 Å². The van der Waals surface area contributed by atoms with E-state index in [2.05, 4.69) is 40.4 Å². The summed E-state index contributed by atoms with van der Waals surface area (Å²) in [5.41, 5.74) is 3.36. The first-order valence-corrected chi connectivity index (χ1v) is 14.2. The molecule has 1 aromatic carbocycles. The molecule has 0 spiro atoms. The van der Waals surface area contributed by atoms with E-state index in [1.807, 2.05) is 23.1 Å². The van der Waals surface area contributed by atoms with Crippen LogP contribution in [-0.4, -0.2) is 70.1 Å². The van der Waals surface area contributed by atoms with Crippen LogP contribution >= 0.6 is 0 Å². The van der Waals surface area contributed by atoms with Crippen molar-refractivity contribution in [2.45, 2.75) is 71.8 Å². The fourth-order valence-electron chi connectivity index (χ4n) is 5.14. The lowest BCUT2D eigenvalue weighted by atomic mass is 10.1. The number of hydrogen-bond acceptors (Lipinski definition) is 5. The number of nitrogens with zero attached hydrogens (tertiary/aromatic N) is 5. The number of methoxy groups -OCH3 is 1. The number of fused-ring (bicyclic) bond motifs is 1. The predicted octanol–water partition coefficient (Wildman–Crippen LogP) is 6.03. The highest BCUT2D eigenvalue weighted by atomic mass is 16.5. The number of aryl methyl sites for hydroxylation is 1. The molecule has 0 saturated carbocycles. The normalized spacial score (nSPS) is 14.2. The highest BCUT2D eigenvalue weighted by molar-refractivity contribution is 5.95. The zero-order chi connectivity index (χ0) is 26.0. The fourth-order valence-corrected chi connectivity index (χ4v) is 5.14. The molecule has 37 heavy (non-hydrogen) atoms. The number of rotatable bonds is 13. The molecule has 0 N–H and O–H groups in total. The van der Waals surface area contributed by atoms with Gasteiger partial charge < -0.3 is 19.1 Å². The molecular formula is C30H43N5O2. The van der Waals surface area contributed by atoms with Crippen molar-refractivity contribution in [2.75, 3.05) is 39.8 Å². The monoisotopic (exact) mass is 505 g/mol. The van der Waals surface area contributed by atoms with E-state index in [4.69, 9.17) is 9.72 Å². The molecule has 4 rings (SSSR count). The van der Waals surface area contributed by atoms with Crippen molar-refractivity contribution >= 4 is 16.9 Å². The highest BCUT2D eigenvalue weighted by Gasteiger charge is 2.20. The van der Waals surface area contributed by atoms with Crippen molar-refractivity contribution in [3.63, 3.8) is 0 Å². The molecule has 2 aromatic heterocycles. The minimum Gasteiger partial charge on any atom is -0.497 e. The molecule has 0 bridgehead atoms. The van der Waals surface area contributed by atoms with Crippen LogP contribution in [0.2, 0.25) is 0 Å². The first kappa shape index (κ1) is 27.1. The Morgan fingerprint density at radius 2 is 1.68 bits per heavy atom. The fraction of sp³-hybridized carbons (Fsp3) is 0.567. The van der Waals surface area contributed by atoms with Crippen LogP contribution in [0.25, 0.3) is 22.4 Å². The van der Waals surface area contributed by atoms with Crippen molar-refractivity contribution in [2.24, 2.45) is 0 Å². The Morgan fingerprint density at radius 1 is 0.973 bits per heavy atom. The molecule has 1 aliphatic heterocycles. The summed E-state index contributed by atoms with van der Waals surface area (Å²) in [6.45, 7) is 10.2. The topological polar surface area (TPSA) is 63.5 Å². The number of imidazole rings is 1. The van der Waals surface area contributed by atoms with E-state index < -0.39 is 0 Å². The van der Waals surface area contributed by atoms with Crippen LogP contribution in [0, 0.1) is 0 Å². The quantitative estimate of drug-likeness (QED) is 0.284. The third-order valence-electron chi connectivity index (χ3n) is 7.36. The third kappa shape index (κ3) is 6.89. The number of carbonyl (C=O) groups excluding carboxylic acids is 1. The number of piperidine rings is 1. The van der Waals surface area contributed by atoms with Crippen molar-refractivity contribution in [3.05, 3.63) is 42.2 Å². The second-order valence-electron chi connectivity index (χ2n) is 10.1. The first-order valence-electron chi connectivity index (χ1n) is 14.2. The molecule has 7 nitrogen and oxygen atoms in total. The minimum absolute atomic E-state index is 0.0239. The SMILES string of the molecule is CCCCN(CCCC)C(=O)c1cc2c(cn1)nc(-c1ccc(OC)cc1)n2CCCN1CCCCC1. The maximum Gasteiger partial charge on any atom is 0.272 e. The molecule has 200 valence electrons. The summed E-state index contributed by atoms with van der Waals surface area (Å²) >= 11 is 0. The zero-order valence-corrected chi connectivity index (χ0v) is 22.9. The number of hydrogen-bond donors (Lipinski definition) is 0. The Morgan fingerprint density at radius 3 is 2.32 bits per heavy atom. The van der Waals surface area contributed by atoms with Crippen LogP contribution < -0.4 is 4.74 Å². The minimum atomic E-state index is 0.0239. The summed E-state index contributed by atoms with van der Waals surface area (Å²) in [6.07, 6.45) is 10.9. The number of aromatic nitrogens is 3. The van der Waals surface area contributed by atoms with Crippen LogP contribution in [0.1, 0.15) is 75.7 Å². The second kappa shape index (κ2) is 13.6. The number of amides is 1. The number of pyridine rings is 1. The average Bonchev–Trinajstić information content (AvgIpc) is 3.31. The Bertz CT molecular complexity index is 1130. The Balaban J connectivity index is 1.65. The largest absolute Gasteiger partial charge is 0.497 e. The van der Waals surface area contributed by atoms with Crippen molar-refractivity contribution in [3.8, 4) is 17.1 Å². The van der Waals surface area contributed by atoms with Crippen LogP contribution in [0.3, 0.4) is 0 Å². The summed E-state index contributed by atoms with van der Waals surface area (Å²) in [7, 11) is 1.68. The van der Waals surface area contributed by atoms with Crippen molar-refractivity contribution in [1.82, 2.24) is 24.3 Å². The molecule has 0 radical (unpaired) electrons. The van der Waals surface area contributed by atoms with E-state index in [-0.39, 0.29) is 5.91 Å². The number of ether oxygens (including phenoxy) is 1. The average molecular weight is 506 g/mol. The molecule has 0 aliphatic carbocycles. The molecular weight excluding hydrogens is 462 g/mol. The Hall–Kier alpha value is -2.93. The van der Waals surface area contributed by atoms with Gasteiger partial charge in [0, 0.05) is 25.2 Å². The van der Waals surface area contributed by atoms with Gasteiger partial charge in [-0.05, 0) is 82.1 Å². The van der Waals surface area contributed by atoms with Gasteiger partial charge in [-0.3, -0.25) is 4.79 Å². The van der Waals surface area contributed by atoms with Gasteiger partial charge in [0.2, 0.25) is 0 Å². The molecule has 1 amide bonds. The van der Waals surface area contributed by atoms with E-state index in [9.17, 15) is 4.79 Å². The molecule has 3 heterocycles. The third-order valence-corrected chi connectivity index (χ3v) is 7.36. The number of likely N-dealkylation sites (tertiary alicyclic amines) is 1. The van der Waals surface area contributed by atoms with Crippen molar-refractivity contribution in [1.29, 1.82) is 0 Å². The zero-order valence-electron chi connectivity index (χ0n) is 22.9. The van der Waals surface area contributed by atoms with E-state index >= 15 is 0 Å². The first-order chi connectivity index (χ1) is 18.1. The molecule has 0 unspecified atom stereocenters. The van der Waals surface area contributed by atoms with E-state index in [0.29, 0.717) is 5.69 Å². The van der Waals surface area contributed by atoms with Gasteiger partial charge in [0.15, 0.2) is 0 Å². The van der Waals surface area contributed by atoms with E-state index in [1.54, 1.807) is 13.3 Å². The molecule has 1 fully saturated rings. The Kier molecular flexibility index (Phi) is 9.94. The van der Waals surface area contributed by atoms with Gasteiger partial charge in [0.05, 0.1) is 18.8 Å². The summed E-state index contributed by atoms with van der Waals surface area (Å²) < 4.78 is 7.64. The standard InChI is InChI=1S/C30H43N5O2/c1-4-6-19-34(20-7-5-2)30(36)26-22-28-27(23-31-26)32-29(24-12-14-25(37-3)15-13-24)35(28)21-11-18-33-16-9-8-10-17-33/h12-15,22-23H,4-11,16-21H2,1-3H3. The van der Waals surface area contributed by atoms with Crippen LogP contribution in [0.5, 0.6) is 5.75 Å². The van der Waals surface area contributed by atoms with E-state index in [1.165, 1.54) is 32.4 Å². The summed E-state index contributed by atoms with van der Waals surface area (Å²) in [5, 5.41) is 0. The van der Waals surface area contributed by atoms with Crippen LogP contribution in [0.15, 0.2) is 36.5 Å². The maximum atomic E-state index is 13.5. The molecule has 3 aromatic rings. The maximum absolute atomic E-state index is 13.5. The van der Waals surface area contributed by atoms with Crippen molar-refractivity contribution < 1.29 is 9.53 Å². The van der Waals surface area contributed by atoms with Gasteiger partial charge in [0.1, 0.15) is 22.8 Å². The smallest absolute Gasteiger partial charge is 0.272 e. The van der Waals surface area contributed by atoms with Gasteiger partial charge in [0.25, 0.3) is 5.91 Å². The second-order valence-corrected chi connectivity index (χ2v) is 10.1. The predicted molar refractivity (Wildman–Crippen MR) is 150 cm³/mol. The van der Waals surface area contributed by atoms with Gasteiger partial charge >= 0.3 is 0 Å². The lowest BCUT2D eigenvalue weighted by Crippen LogP contribution is -2.33. The molecule has 0 atom stereocenters. The molecule has 7 heteroatoms. The van der Waals surface area contributed by atoms with Gasteiger partial charge in [-0.15, -0.1) is 0 Å². The number of unbranched alkanes of at least 4 members (excludes halogenated alkanes) is 2. The lowest BCUT2D eigenvalue weighted by molar-refractivity contribution is 0.0745. The number of benzene rings is 1. The molecule has 1 aliphatic rings. The Labute approximate surface area is 221 Å². The summed E-state index contributed by atoms with van der Waals surface area (Å²) in [6, 6.07) is 10.0. The van der Waals surface area contributed by atoms with Crippen LogP contribution in [-0.2, 0) is 6.54 Å². The summed E-state index contributed by atoms with van der Waals surface area (Å²) in [5.74, 6) is 1.76. The lowest BCUT2D eigenvalue weighted by Gasteiger charge is -2.26. The van der Waals surface area contributed by atoms with Crippen LogP contribution in [0.4, 0.5) is 0 Å². The highest BCUT2D eigenvalue weighted by Crippen LogP contribution is 2.27. The van der Waals surface area contributed by atoms with Gasteiger partial charge in [-0.1, -0.05) is 33.1 Å². The van der Waals surface area contributed by atoms with E-state index in [0.717, 1.165) is 86.5 Å². The van der Waals surface area contributed by atoms with Gasteiger partial charge in [-0.25, -0.2) is 9.97 Å².